The van der Waals surface area contributed by atoms with Gasteiger partial charge >= 0.3 is 5.97 Å². The molecule has 0 bridgehead atoms. The number of aryl methyl sites for hydroxylation is 2. The van der Waals surface area contributed by atoms with E-state index in [9.17, 15) is 9.59 Å². The lowest BCUT2D eigenvalue weighted by Crippen LogP contribution is -2.34. The quantitative estimate of drug-likeness (QED) is 0.835. The van der Waals surface area contributed by atoms with Crippen LogP contribution in [0.2, 0.25) is 0 Å². The first-order valence-electron chi connectivity index (χ1n) is 9.32. The second kappa shape index (κ2) is 7.18. The molecule has 1 aliphatic heterocycles. The molecule has 0 radical (unpaired) electrons. The number of aromatic nitrogens is 2. The lowest BCUT2D eigenvalue weighted by atomic mass is 10.1. The van der Waals surface area contributed by atoms with Gasteiger partial charge in [0.05, 0.1) is 6.20 Å². The molecule has 27 heavy (non-hydrogen) atoms. The Hall–Kier alpha value is -2.63. The molecule has 2 aromatic rings. The summed E-state index contributed by atoms with van der Waals surface area (Å²) >= 11 is 0. The van der Waals surface area contributed by atoms with E-state index in [1.165, 1.54) is 4.57 Å². The molecule has 2 atom stereocenters. The number of rotatable bonds is 4. The van der Waals surface area contributed by atoms with Crippen LogP contribution in [0, 0.1) is 6.92 Å². The smallest absolute Gasteiger partial charge is 0.329 e. The standard InChI is InChI=1S/C21H27N3O3/c1-13-7-6-8-15(11-13)14(2)23-16-12-22-18-10-9-17(24(18)19(16)25)20(26)27-21(3,4)5/h6-8,11-12,14,17,23H,9-10H2,1-5H3/t14?,17-/m0/s1. The van der Waals surface area contributed by atoms with Crippen molar-refractivity contribution < 1.29 is 9.53 Å². The summed E-state index contributed by atoms with van der Waals surface area (Å²) in [6.07, 6.45) is 2.69. The van der Waals surface area contributed by atoms with E-state index >= 15 is 0 Å². The van der Waals surface area contributed by atoms with Crippen LogP contribution in [-0.2, 0) is 16.0 Å². The minimum atomic E-state index is -0.616. The number of fused-ring (bicyclic) bond motifs is 1. The van der Waals surface area contributed by atoms with Crippen LogP contribution in [0.3, 0.4) is 0 Å². The Balaban J connectivity index is 1.87. The van der Waals surface area contributed by atoms with Gasteiger partial charge in [-0.2, -0.15) is 0 Å². The number of anilines is 1. The summed E-state index contributed by atoms with van der Waals surface area (Å²) in [6, 6.07) is 7.46. The predicted molar refractivity (Wildman–Crippen MR) is 105 cm³/mol. The Labute approximate surface area is 159 Å². The summed E-state index contributed by atoms with van der Waals surface area (Å²) in [7, 11) is 0. The van der Waals surface area contributed by atoms with Crippen LogP contribution in [-0.4, -0.2) is 21.1 Å². The lowest BCUT2D eigenvalue weighted by Gasteiger charge is -2.23. The van der Waals surface area contributed by atoms with E-state index in [2.05, 4.69) is 16.4 Å². The maximum Gasteiger partial charge on any atom is 0.329 e. The monoisotopic (exact) mass is 369 g/mol. The van der Waals surface area contributed by atoms with Crippen molar-refractivity contribution in [3.63, 3.8) is 0 Å². The first-order valence-corrected chi connectivity index (χ1v) is 9.32. The van der Waals surface area contributed by atoms with Crippen molar-refractivity contribution in [2.24, 2.45) is 0 Å². The largest absolute Gasteiger partial charge is 0.458 e. The van der Waals surface area contributed by atoms with Crippen molar-refractivity contribution in [2.75, 3.05) is 5.32 Å². The minimum absolute atomic E-state index is 0.0561. The average molecular weight is 369 g/mol. The SMILES string of the molecule is Cc1cccc(C(C)Nc2cnc3n(c2=O)[C@H](C(=O)OC(C)(C)C)CC3)c1. The molecule has 0 amide bonds. The van der Waals surface area contributed by atoms with Gasteiger partial charge < -0.3 is 10.1 Å². The average Bonchev–Trinajstić information content (AvgIpc) is 3.01. The Morgan fingerprint density at radius 2 is 2.11 bits per heavy atom. The van der Waals surface area contributed by atoms with Crippen LogP contribution in [0.4, 0.5) is 5.69 Å². The number of nitrogens with one attached hydrogen (secondary N) is 1. The summed E-state index contributed by atoms with van der Waals surface area (Å²) in [5.41, 5.74) is 1.82. The second-order valence-corrected chi connectivity index (χ2v) is 8.13. The molecule has 0 saturated carbocycles. The van der Waals surface area contributed by atoms with E-state index in [4.69, 9.17) is 4.74 Å². The molecule has 2 heterocycles. The summed E-state index contributed by atoms with van der Waals surface area (Å²) in [6.45, 7) is 9.50. The van der Waals surface area contributed by atoms with Crippen molar-refractivity contribution >= 4 is 11.7 Å². The Morgan fingerprint density at radius 1 is 1.37 bits per heavy atom. The molecule has 0 aliphatic carbocycles. The van der Waals surface area contributed by atoms with Gasteiger partial charge in [-0.25, -0.2) is 9.78 Å². The molecule has 3 rings (SSSR count). The Bertz CT molecular complexity index is 912. The highest BCUT2D eigenvalue weighted by atomic mass is 16.6. The van der Waals surface area contributed by atoms with E-state index in [1.54, 1.807) is 6.20 Å². The highest BCUT2D eigenvalue weighted by Crippen LogP contribution is 2.27. The molecule has 6 nitrogen and oxygen atoms in total. The van der Waals surface area contributed by atoms with Crippen LogP contribution < -0.4 is 10.9 Å². The maximum absolute atomic E-state index is 13.0. The van der Waals surface area contributed by atoms with E-state index in [1.807, 2.05) is 52.8 Å². The van der Waals surface area contributed by atoms with E-state index in [0.29, 0.717) is 24.4 Å². The highest BCUT2D eigenvalue weighted by Gasteiger charge is 2.34. The maximum atomic E-state index is 13.0. The fourth-order valence-electron chi connectivity index (χ4n) is 3.35. The summed E-state index contributed by atoms with van der Waals surface area (Å²) in [5, 5.41) is 3.24. The number of carbonyl (C=O) groups excluding carboxylic acids is 1. The molecule has 1 aromatic carbocycles. The van der Waals surface area contributed by atoms with Crippen molar-refractivity contribution in [3.05, 3.63) is 57.8 Å². The number of esters is 1. The number of ether oxygens (including phenoxy) is 1. The molecule has 6 heteroatoms. The van der Waals surface area contributed by atoms with Gasteiger partial charge in [0.1, 0.15) is 23.2 Å². The van der Waals surface area contributed by atoms with Crippen LogP contribution in [0.1, 0.15) is 63.2 Å². The summed E-state index contributed by atoms with van der Waals surface area (Å²) in [5.74, 6) is 0.249. The van der Waals surface area contributed by atoms with E-state index in [0.717, 1.165) is 11.1 Å². The molecule has 0 spiro atoms. The third-order valence-corrected chi connectivity index (χ3v) is 4.62. The number of nitrogens with zero attached hydrogens (tertiary/aromatic N) is 2. The third-order valence-electron chi connectivity index (χ3n) is 4.62. The van der Waals surface area contributed by atoms with Gasteiger partial charge in [0.2, 0.25) is 0 Å². The fraction of sp³-hybridized carbons (Fsp3) is 0.476. The summed E-state index contributed by atoms with van der Waals surface area (Å²) < 4.78 is 6.98. The first-order chi connectivity index (χ1) is 12.7. The lowest BCUT2D eigenvalue weighted by molar-refractivity contribution is -0.158. The van der Waals surface area contributed by atoms with Gasteiger partial charge in [-0.3, -0.25) is 9.36 Å². The number of hydrogen-bond acceptors (Lipinski definition) is 5. The molecule has 1 N–H and O–H groups in total. The molecule has 0 saturated heterocycles. The van der Waals surface area contributed by atoms with Gasteiger partial charge in [0.15, 0.2) is 0 Å². The summed E-state index contributed by atoms with van der Waals surface area (Å²) in [4.78, 5) is 30.0. The molecular formula is C21H27N3O3. The van der Waals surface area contributed by atoms with Gasteiger partial charge in [-0.1, -0.05) is 29.8 Å². The minimum Gasteiger partial charge on any atom is -0.458 e. The molecule has 0 fully saturated rings. The zero-order chi connectivity index (χ0) is 19.8. The molecular weight excluding hydrogens is 342 g/mol. The van der Waals surface area contributed by atoms with E-state index in [-0.39, 0.29) is 17.6 Å². The molecule has 1 aromatic heterocycles. The van der Waals surface area contributed by atoms with Gasteiger partial charge in [0.25, 0.3) is 5.56 Å². The first kappa shape index (κ1) is 19.1. The Kier molecular flexibility index (Phi) is 5.09. The van der Waals surface area contributed by atoms with Crippen LogP contribution in [0.25, 0.3) is 0 Å². The molecule has 144 valence electrons. The van der Waals surface area contributed by atoms with Gasteiger partial charge in [-0.05, 0) is 46.6 Å². The van der Waals surface area contributed by atoms with Crippen LogP contribution in [0.15, 0.2) is 35.3 Å². The Morgan fingerprint density at radius 3 is 2.78 bits per heavy atom. The normalized spacial score (nSPS) is 17.3. The topological polar surface area (TPSA) is 73.2 Å². The van der Waals surface area contributed by atoms with Crippen molar-refractivity contribution in [3.8, 4) is 0 Å². The second-order valence-electron chi connectivity index (χ2n) is 8.13. The van der Waals surface area contributed by atoms with Crippen molar-refractivity contribution in [1.29, 1.82) is 0 Å². The van der Waals surface area contributed by atoms with Crippen LogP contribution >= 0.6 is 0 Å². The highest BCUT2D eigenvalue weighted by molar-refractivity contribution is 5.75. The third kappa shape index (κ3) is 4.21. The van der Waals surface area contributed by atoms with Gasteiger partial charge in [-0.15, -0.1) is 0 Å². The van der Waals surface area contributed by atoms with Crippen molar-refractivity contribution in [2.45, 2.75) is 65.1 Å². The van der Waals surface area contributed by atoms with Gasteiger partial charge in [0, 0.05) is 12.5 Å². The fourth-order valence-corrected chi connectivity index (χ4v) is 3.35. The zero-order valence-electron chi connectivity index (χ0n) is 16.6. The number of hydrogen-bond donors (Lipinski definition) is 1. The predicted octanol–water partition coefficient (Wildman–Crippen LogP) is 3.55. The van der Waals surface area contributed by atoms with Crippen LogP contribution in [0.5, 0.6) is 0 Å². The number of benzene rings is 1. The zero-order valence-corrected chi connectivity index (χ0v) is 16.6. The van der Waals surface area contributed by atoms with E-state index < -0.39 is 11.6 Å². The number of carbonyl (C=O) groups is 1. The molecule has 1 aliphatic rings. The van der Waals surface area contributed by atoms with Crippen molar-refractivity contribution in [1.82, 2.24) is 9.55 Å². The molecule has 1 unspecified atom stereocenters.